The second kappa shape index (κ2) is 5.48. The summed E-state index contributed by atoms with van der Waals surface area (Å²) >= 11 is 1.91. The maximum absolute atomic E-state index is 13.3. The molecule has 0 saturated carbocycles. The van der Waals surface area contributed by atoms with E-state index in [0.29, 0.717) is 15.0 Å². The number of benzene rings is 1. The number of nitrogens with zero attached hydrogens (tertiary/aromatic N) is 3. The highest BCUT2D eigenvalue weighted by molar-refractivity contribution is 14.1. The quantitative estimate of drug-likeness (QED) is 0.763. The van der Waals surface area contributed by atoms with E-state index in [1.807, 2.05) is 28.7 Å². The molecule has 0 N–H and O–H groups in total. The van der Waals surface area contributed by atoms with Crippen LogP contribution in [-0.4, -0.2) is 9.55 Å². The molecule has 0 saturated heterocycles. The van der Waals surface area contributed by atoms with Gasteiger partial charge in [0.1, 0.15) is 11.6 Å². The van der Waals surface area contributed by atoms with Gasteiger partial charge in [-0.2, -0.15) is 5.26 Å². The van der Waals surface area contributed by atoms with E-state index in [0.717, 1.165) is 6.07 Å². The average molecular weight is 369 g/mol. The Balaban J connectivity index is 2.48. The van der Waals surface area contributed by atoms with Crippen molar-refractivity contribution in [3.63, 3.8) is 0 Å². The Morgan fingerprint density at radius 2 is 2.21 bits per heavy atom. The Labute approximate surface area is 122 Å². The molecule has 96 valence electrons. The molecule has 0 unspecified atom stereocenters. The van der Waals surface area contributed by atoms with Gasteiger partial charge in [0, 0.05) is 6.20 Å². The van der Waals surface area contributed by atoms with Crippen LogP contribution in [0.25, 0.3) is 0 Å². The number of nitriles is 1. The summed E-state index contributed by atoms with van der Waals surface area (Å²) in [5, 5.41) is 8.81. The molecule has 0 aliphatic rings. The summed E-state index contributed by atoms with van der Waals surface area (Å²) in [6.07, 6.45) is 1.50. The Bertz CT molecular complexity index is 734. The first-order valence-corrected chi connectivity index (χ1v) is 6.50. The first-order valence-electron chi connectivity index (χ1n) is 5.43. The molecule has 0 atom stereocenters. The normalized spacial score (nSPS) is 10.2. The Hall–Kier alpha value is -1.75. The number of rotatable bonds is 2. The molecule has 0 radical (unpaired) electrons. The first kappa shape index (κ1) is 13.7. The first-order chi connectivity index (χ1) is 9.01. The number of hydrogen-bond acceptors (Lipinski definition) is 3. The second-order valence-corrected chi connectivity index (χ2v) is 5.17. The van der Waals surface area contributed by atoms with Crippen LogP contribution in [0.5, 0.6) is 0 Å². The topological polar surface area (TPSA) is 58.7 Å². The van der Waals surface area contributed by atoms with Crippen LogP contribution >= 0.6 is 22.6 Å². The van der Waals surface area contributed by atoms with Crippen molar-refractivity contribution in [1.29, 1.82) is 5.26 Å². The van der Waals surface area contributed by atoms with E-state index in [1.165, 1.54) is 16.8 Å². The van der Waals surface area contributed by atoms with Crippen molar-refractivity contribution < 1.29 is 4.39 Å². The van der Waals surface area contributed by atoms with Crippen molar-refractivity contribution in [3.05, 3.63) is 61.1 Å². The minimum absolute atomic E-state index is 0.170. The highest BCUT2D eigenvalue weighted by Gasteiger charge is 2.08. The van der Waals surface area contributed by atoms with Crippen LogP contribution in [0.4, 0.5) is 4.39 Å². The zero-order chi connectivity index (χ0) is 14.0. The van der Waals surface area contributed by atoms with E-state index in [2.05, 4.69) is 4.98 Å². The fourth-order valence-corrected chi connectivity index (χ4v) is 2.16. The standard InChI is InChI=1S/C13H9FIN3O/c1-8-17-6-12(15)13(19)18(8)7-10-2-9(5-16)3-11(14)4-10/h2-4,6H,7H2,1H3. The predicted molar refractivity (Wildman–Crippen MR) is 76.2 cm³/mol. The van der Waals surface area contributed by atoms with Crippen LogP contribution < -0.4 is 5.56 Å². The molecule has 0 bridgehead atoms. The van der Waals surface area contributed by atoms with Gasteiger partial charge in [0.15, 0.2) is 0 Å². The lowest BCUT2D eigenvalue weighted by atomic mass is 10.1. The second-order valence-electron chi connectivity index (χ2n) is 4.00. The smallest absolute Gasteiger partial charge is 0.267 e. The fourth-order valence-electron chi connectivity index (χ4n) is 1.73. The summed E-state index contributed by atoms with van der Waals surface area (Å²) in [6, 6.07) is 5.93. The van der Waals surface area contributed by atoms with Gasteiger partial charge >= 0.3 is 0 Å². The average Bonchev–Trinajstić information content (AvgIpc) is 2.38. The Morgan fingerprint density at radius 3 is 2.89 bits per heavy atom. The third kappa shape index (κ3) is 2.98. The largest absolute Gasteiger partial charge is 0.292 e. The molecule has 6 heteroatoms. The van der Waals surface area contributed by atoms with Crippen LogP contribution in [0.15, 0.2) is 29.2 Å². The molecule has 4 nitrogen and oxygen atoms in total. The Morgan fingerprint density at radius 1 is 1.47 bits per heavy atom. The SMILES string of the molecule is Cc1ncc(I)c(=O)n1Cc1cc(F)cc(C#N)c1. The molecule has 19 heavy (non-hydrogen) atoms. The minimum Gasteiger partial charge on any atom is -0.292 e. The van der Waals surface area contributed by atoms with Gasteiger partial charge in [-0.15, -0.1) is 0 Å². The van der Waals surface area contributed by atoms with Crippen molar-refractivity contribution in [2.24, 2.45) is 0 Å². The van der Waals surface area contributed by atoms with Gasteiger partial charge in [-0.3, -0.25) is 9.36 Å². The van der Waals surface area contributed by atoms with Gasteiger partial charge in [0.05, 0.1) is 21.7 Å². The zero-order valence-electron chi connectivity index (χ0n) is 10.0. The van der Waals surface area contributed by atoms with Crippen molar-refractivity contribution in [1.82, 2.24) is 9.55 Å². The maximum atomic E-state index is 13.3. The number of halogens is 2. The number of aryl methyl sites for hydroxylation is 1. The Kier molecular flexibility index (Phi) is 3.95. The zero-order valence-corrected chi connectivity index (χ0v) is 12.2. The van der Waals surface area contributed by atoms with Crippen LogP contribution in [0.1, 0.15) is 17.0 Å². The summed E-state index contributed by atoms with van der Waals surface area (Å²) in [5.41, 5.74) is 0.626. The molecule has 0 aliphatic heterocycles. The number of aromatic nitrogens is 2. The highest BCUT2D eigenvalue weighted by Crippen LogP contribution is 2.10. The molecule has 0 amide bonds. The van der Waals surface area contributed by atoms with Gasteiger partial charge in [0.2, 0.25) is 0 Å². The van der Waals surface area contributed by atoms with E-state index in [1.54, 1.807) is 13.0 Å². The van der Waals surface area contributed by atoms with Gasteiger partial charge in [-0.25, -0.2) is 9.37 Å². The molecule has 0 fully saturated rings. The summed E-state index contributed by atoms with van der Waals surface area (Å²) in [6.45, 7) is 1.91. The van der Waals surface area contributed by atoms with E-state index in [9.17, 15) is 9.18 Å². The van der Waals surface area contributed by atoms with Crippen molar-refractivity contribution >= 4 is 22.6 Å². The molecular weight excluding hydrogens is 360 g/mol. The molecule has 2 aromatic rings. The molecule has 0 spiro atoms. The highest BCUT2D eigenvalue weighted by atomic mass is 127. The van der Waals surface area contributed by atoms with Gasteiger partial charge in [-0.1, -0.05) is 0 Å². The van der Waals surface area contributed by atoms with Gasteiger partial charge in [0.25, 0.3) is 5.56 Å². The predicted octanol–water partition coefficient (Wildman–Crippen LogP) is 2.22. The fraction of sp³-hybridized carbons (Fsp3) is 0.154. The van der Waals surface area contributed by atoms with Crippen molar-refractivity contribution in [2.45, 2.75) is 13.5 Å². The number of hydrogen-bond donors (Lipinski definition) is 0. The monoisotopic (exact) mass is 369 g/mol. The summed E-state index contributed by atoms with van der Waals surface area (Å²) in [7, 11) is 0. The lowest BCUT2D eigenvalue weighted by Crippen LogP contribution is -2.26. The van der Waals surface area contributed by atoms with E-state index < -0.39 is 5.82 Å². The molecule has 2 rings (SSSR count). The van der Waals surface area contributed by atoms with Gasteiger partial charge < -0.3 is 0 Å². The van der Waals surface area contributed by atoms with Crippen molar-refractivity contribution in [3.8, 4) is 6.07 Å². The molecule has 1 aromatic carbocycles. The van der Waals surface area contributed by atoms with Crippen LogP contribution in [-0.2, 0) is 6.54 Å². The molecule has 1 aromatic heterocycles. The van der Waals surface area contributed by atoms with Gasteiger partial charge in [-0.05, 0) is 53.3 Å². The minimum atomic E-state index is -0.488. The summed E-state index contributed by atoms with van der Waals surface area (Å²) in [4.78, 5) is 16.1. The summed E-state index contributed by atoms with van der Waals surface area (Å²) in [5.74, 6) is 0.0616. The lowest BCUT2D eigenvalue weighted by molar-refractivity contribution is 0.619. The van der Waals surface area contributed by atoms with Crippen LogP contribution in [0, 0.1) is 27.6 Å². The summed E-state index contributed by atoms with van der Waals surface area (Å²) < 4.78 is 15.3. The molecule has 1 heterocycles. The lowest BCUT2D eigenvalue weighted by Gasteiger charge is -2.09. The third-order valence-corrected chi connectivity index (χ3v) is 3.37. The van der Waals surface area contributed by atoms with Crippen LogP contribution in [0.2, 0.25) is 0 Å². The van der Waals surface area contributed by atoms with Crippen LogP contribution in [0.3, 0.4) is 0 Å². The third-order valence-electron chi connectivity index (χ3n) is 2.63. The van der Waals surface area contributed by atoms with E-state index >= 15 is 0 Å². The molecular formula is C13H9FIN3O. The maximum Gasteiger partial charge on any atom is 0.267 e. The molecule has 0 aliphatic carbocycles. The van der Waals surface area contributed by atoms with Crippen molar-refractivity contribution in [2.75, 3.05) is 0 Å². The van der Waals surface area contributed by atoms with E-state index in [4.69, 9.17) is 5.26 Å². The van der Waals surface area contributed by atoms with E-state index in [-0.39, 0.29) is 17.7 Å².